The van der Waals surface area contributed by atoms with E-state index >= 15 is 0 Å². The molecule has 0 bridgehead atoms. The van der Waals surface area contributed by atoms with E-state index in [0.717, 1.165) is 0 Å². The van der Waals surface area contributed by atoms with Crippen LogP contribution in [0.2, 0.25) is 0 Å². The number of anilines is 1. The molecule has 0 spiro atoms. The van der Waals surface area contributed by atoms with E-state index in [1.54, 1.807) is 0 Å². The summed E-state index contributed by atoms with van der Waals surface area (Å²) in [6.45, 7) is 0. The number of nitro groups is 1. The van der Waals surface area contributed by atoms with Gasteiger partial charge in [0.25, 0.3) is 5.69 Å². The third kappa shape index (κ3) is 3.90. The average molecular weight is 238 g/mol. The van der Waals surface area contributed by atoms with Crippen molar-refractivity contribution >= 4 is 23.3 Å². The number of ether oxygens (including phenoxy) is 1. The van der Waals surface area contributed by atoms with Crippen LogP contribution in [0.4, 0.5) is 11.4 Å². The number of benzene rings is 1. The first-order chi connectivity index (χ1) is 8.02. The minimum absolute atomic E-state index is 0.0732. The molecule has 17 heavy (non-hydrogen) atoms. The fourth-order valence-electron chi connectivity index (χ4n) is 1.07. The lowest BCUT2D eigenvalue weighted by Gasteiger charge is -2.03. The van der Waals surface area contributed by atoms with Gasteiger partial charge in [0, 0.05) is 17.8 Å². The Morgan fingerprint density at radius 1 is 1.35 bits per heavy atom. The van der Waals surface area contributed by atoms with Gasteiger partial charge in [-0.1, -0.05) is 0 Å². The molecular weight excluding hydrogens is 228 g/mol. The number of amides is 1. The van der Waals surface area contributed by atoms with E-state index in [9.17, 15) is 19.7 Å². The highest BCUT2D eigenvalue weighted by molar-refractivity contribution is 6.01. The number of non-ortho nitro benzene ring substituents is 1. The third-order valence-electron chi connectivity index (χ3n) is 1.89. The molecule has 0 saturated carbocycles. The van der Waals surface area contributed by atoms with Crippen LogP contribution in [0.1, 0.15) is 6.42 Å². The van der Waals surface area contributed by atoms with Crippen LogP contribution < -0.4 is 5.32 Å². The maximum Gasteiger partial charge on any atom is 0.315 e. The first kappa shape index (κ1) is 12.6. The number of carbonyl (C=O) groups excluding carboxylic acids is 2. The van der Waals surface area contributed by atoms with Crippen LogP contribution in [0.25, 0.3) is 0 Å². The standard InChI is InChI=1S/C10H10N2O5/c1-17-10(14)6-9(13)11-7-2-4-8(5-3-7)12(15)16/h2-5H,6H2,1H3,(H,11,13). The molecule has 0 aliphatic carbocycles. The Balaban J connectivity index is 2.60. The molecule has 0 fully saturated rings. The Morgan fingerprint density at radius 3 is 2.41 bits per heavy atom. The molecule has 0 aliphatic rings. The van der Waals surface area contributed by atoms with Crippen molar-refractivity contribution in [3.05, 3.63) is 34.4 Å². The minimum Gasteiger partial charge on any atom is -0.469 e. The number of esters is 1. The smallest absolute Gasteiger partial charge is 0.315 e. The van der Waals surface area contributed by atoms with E-state index in [1.807, 2.05) is 0 Å². The SMILES string of the molecule is COC(=O)CC(=O)Nc1ccc([N+](=O)[O-])cc1. The van der Waals surface area contributed by atoms with Crippen molar-refractivity contribution in [2.45, 2.75) is 6.42 Å². The Bertz CT molecular complexity index is 441. The number of nitrogens with one attached hydrogen (secondary N) is 1. The highest BCUT2D eigenvalue weighted by Gasteiger charge is 2.10. The van der Waals surface area contributed by atoms with Crippen LogP contribution in [-0.2, 0) is 14.3 Å². The summed E-state index contributed by atoms with van der Waals surface area (Å²) in [5.41, 5.74) is 0.306. The summed E-state index contributed by atoms with van der Waals surface area (Å²) in [4.78, 5) is 31.9. The van der Waals surface area contributed by atoms with E-state index in [1.165, 1.54) is 31.4 Å². The minimum atomic E-state index is -0.649. The fourth-order valence-corrected chi connectivity index (χ4v) is 1.07. The molecule has 0 heterocycles. The molecule has 1 aromatic rings. The van der Waals surface area contributed by atoms with Gasteiger partial charge in [-0.05, 0) is 12.1 Å². The average Bonchev–Trinajstić information content (AvgIpc) is 2.29. The van der Waals surface area contributed by atoms with Crippen LogP contribution in [0.15, 0.2) is 24.3 Å². The van der Waals surface area contributed by atoms with Gasteiger partial charge in [0.1, 0.15) is 6.42 Å². The normalized spacial score (nSPS) is 9.47. The molecule has 90 valence electrons. The summed E-state index contributed by atoms with van der Waals surface area (Å²) < 4.78 is 4.32. The van der Waals surface area contributed by atoms with E-state index in [4.69, 9.17) is 0 Å². The van der Waals surface area contributed by atoms with E-state index in [2.05, 4.69) is 10.1 Å². The zero-order chi connectivity index (χ0) is 12.8. The topological polar surface area (TPSA) is 98.5 Å². The van der Waals surface area contributed by atoms with E-state index in [0.29, 0.717) is 5.69 Å². The third-order valence-corrected chi connectivity index (χ3v) is 1.89. The molecule has 1 rings (SSSR count). The molecule has 7 heteroatoms. The Hall–Kier alpha value is -2.44. The molecule has 0 unspecified atom stereocenters. The summed E-state index contributed by atoms with van der Waals surface area (Å²) in [5, 5.41) is 12.8. The number of carbonyl (C=O) groups is 2. The van der Waals surface area contributed by atoms with E-state index < -0.39 is 23.2 Å². The number of nitrogens with zero attached hydrogens (tertiary/aromatic N) is 1. The largest absolute Gasteiger partial charge is 0.469 e. The molecule has 1 amide bonds. The van der Waals surface area contributed by atoms with Crippen LogP contribution in [0.5, 0.6) is 0 Å². The number of hydrogen-bond acceptors (Lipinski definition) is 5. The van der Waals surface area contributed by atoms with Crippen molar-refractivity contribution in [1.82, 2.24) is 0 Å². The van der Waals surface area contributed by atoms with Gasteiger partial charge in [-0.2, -0.15) is 0 Å². The summed E-state index contributed by atoms with van der Waals surface area (Å²) in [6, 6.07) is 5.28. The second-order valence-electron chi connectivity index (χ2n) is 3.11. The maximum atomic E-state index is 11.3. The molecule has 0 radical (unpaired) electrons. The maximum absolute atomic E-state index is 11.3. The molecule has 1 aromatic carbocycles. The fraction of sp³-hybridized carbons (Fsp3) is 0.200. The lowest BCUT2D eigenvalue weighted by atomic mass is 10.2. The van der Waals surface area contributed by atoms with Crippen molar-refractivity contribution < 1.29 is 19.2 Å². The summed E-state index contributed by atoms with van der Waals surface area (Å²) in [6.07, 6.45) is -0.395. The van der Waals surface area contributed by atoms with Gasteiger partial charge in [-0.3, -0.25) is 19.7 Å². The first-order valence-electron chi connectivity index (χ1n) is 4.64. The molecule has 7 nitrogen and oxygen atoms in total. The predicted molar refractivity (Wildman–Crippen MR) is 58.4 cm³/mol. The highest BCUT2D eigenvalue weighted by Crippen LogP contribution is 2.15. The zero-order valence-electron chi connectivity index (χ0n) is 9.00. The number of hydrogen-bond donors (Lipinski definition) is 1. The van der Waals surface area contributed by atoms with Gasteiger partial charge in [-0.15, -0.1) is 0 Å². The van der Waals surface area contributed by atoms with Crippen molar-refractivity contribution in [3.63, 3.8) is 0 Å². The molecule has 0 aliphatic heterocycles. The Labute approximate surface area is 96.5 Å². The molecule has 0 atom stereocenters. The number of rotatable bonds is 4. The summed E-state index contributed by atoms with van der Waals surface area (Å²) in [5.74, 6) is -1.19. The zero-order valence-corrected chi connectivity index (χ0v) is 9.00. The van der Waals surface area contributed by atoms with Crippen molar-refractivity contribution in [2.75, 3.05) is 12.4 Å². The van der Waals surface area contributed by atoms with Crippen LogP contribution >= 0.6 is 0 Å². The lowest BCUT2D eigenvalue weighted by Crippen LogP contribution is -2.17. The number of methoxy groups -OCH3 is 1. The molecule has 1 N–H and O–H groups in total. The Kier molecular flexibility index (Phi) is 4.15. The lowest BCUT2D eigenvalue weighted by molar-refractivity contribution is -0.384. The quantitative estimate of drug-likeness (QED) is 0.366. The molecular formula is C10H10N2O5. The molecule has 0 saturated heterocycles. The van der Waals surface area contributed by atoms with Crippen molar-refractivity contribution in [2.24, 2.45) is 0 Å². The van der Waals surface area contributed by atoms with Gasteiger partial charge in [-0.25, -0.2) is 0 Å². The van der Waals surface area contributed by atoms with Gasteiger partial charge < -0.3 is 10.1 Å². The van der Waals surface area contributed by atoms with Gasteiger partial charge in [0.05, 0.1) is 12.0 Å². The summed E-state index contributed by atoms with van der Waals surface area (Å²) in [7, 11) is 1.18. The van der Waals surface area contributed by atoms with Gasteiger partial charge in [0.2, 0.25) is 5.91 Å². The molecule has 0 aromatic heterocycles. The van der Waals surface area contributed by atoms with Crippen LogP contribution in [0, 0.1) is 10.1 Å². The second-order valence-corrected chi connectivity index (χ2v) is 3.11. The van der Waals surface area contributed by atoms with E-state index in [-0.39, 0.29) is 5.69 Å². The van der Waals surface area contributed by atoms with Crippen molar-refractivity contribution in [1.29, 1.82) is 0 Å². The van der Waals surface area contributed by atoms with Crippen LogP contribution in [-0.4, -0.2) is 23.9 Å². The Morgan fingerprint density at radius 2 is 1.94 bits per heavy atom. The van der Waals surface area contributed by atoms with Gasteiger partial charge >= 0.3 is 5.97 Å². The summed E-state index contributed by atoms with van der Waals surface area (Å²) >= 11 is 0. The second kappa shape index (κ2) is 5.59. The first-order valence-corrected chi connectivity index (χ1v) is 4.64. The number of nitro benzene ring substituents is 1. The van der Waals surface area contributed by atoms with Gasteiger partial charge in [0.15, 0.2) is 0 Å². The highest BCUT2D eigenvalue weighted by atomic mass is 16.6. The predicted octanol–water partition coefficient (Wildman–Crippen LogP) is 1.10. The van der Waals surface area contributed by atoms with Crippen LogP contribution in [0.3, 0.4) is 0 Å². The monoisotopic (exact) mass is 238 g/mol. The van der Waals surface area contributed by atoms with Crippen molar-refractivity contribution in [3.8, 4) is 0 Å².